The van der Waals surface area contributed by atoms with Crippen LogP contribution in [0.5, 0.6) is 0 Å². The van der Waals surface area contributed by atoms with Gasteiger partial charge in [-0.25, -0.2) is 4.79 Å². The first-order chi connectivity index (χ1) is 18.5. The van der Waals surface area contributed by atoms with E-state index in [9.17, 15) is 19.5 Å². The van der Waals surface area contributed by atoms with Crippen LogP contribution in [-0.2, 0) is 22.6 Å². The van der Waals surface area contributed by atoms with Crippen LogP contribution in [0.25, 0.3) is 11.3 Å². The standard InChI is InChI=1S/C29H23N5O4/c35-25(17-33-13-4-12-30-33)34-14-11-19-15-21(8-10-24(19)34)31-27(18-5-2-1-3-6-18)26-22-9-7-20(29(37)38)16-23(22)32-28(26)36/h1-10,12-13,15-16,31H,11,14,17H2,(H,32,36)(H,37,38)/b27-26-. The maximum absolute atomic E-state index is 13.1. The molecule has 0 atom stereocenters. The fraction of sp³-hybridized carbons (Fsp3) is 0.103. The fourth-order valence-electron chi connectivity index (χ4n) is 4.94. The zero-order chi connectivity index (χ0) is 26.2. The molecule has 0 bridgehead atoms. The molecule has 0 fully saturated rings. The van der Waals surface area contributed by atoms with Crippen molar-refractivity contribution in [2.45, 2.75) is 13.0 Å². The van der Waals surface area contributed by atoms with Gasteiger partial charge in [-0.3, -0.25) is 14.3 Å². The summed E-state index contributed by atoms with van der Waals surface area (Å²) < 4.78 is 1.61. The number of carbonyl (C=O) groups is 3. The average molecular weight is 506 g/mol. The lowest BCUT2D eigenvalue weighted by Gasteiger charge is -2.19. The molecule has 3 heterocycles. The van der Waals surface area contributed by atoms with Crippen LogP contribution in [0.3, 0.4) is 0 Å². The van der Waals surface area contributed by atoms with E-state index in [0.717, 1.165) is 22.5 Å². The maximum atomic E-state index is 13.1. The zero-order valence-corrected chi connectivity index (χ0v) is 20.2. The number of benzene rings is 3. The lowest BCUT2D eigenvalue weighted by Crippen LogP contribution is -2.32. The fourth-order valence-corrected chi connectivity index (χ4v) is 4.94. The van der Waals surface area contributed by atoms with E-state index < -0.39 is 5.97 Å². The quantitative estimate of drug-likeness (QED) is 0.340. The van der Waals surface area contributed by atoms with Crippen LogP contribution in [0.2, 0.25) is 0 Å². The van der Waals surface area contributed by atoms with Gasteiger partial charge >= 0.3 is 5.97 Å². The topological polar surface area (TPSA) is 117 Å². The number of fused-ring (bicyclic) bond motifs is 2. The molecule has 2 aliphatic heterocycles. The van der Waals surface area contributed by atoms with E-state index in [-0.39, 0.29) is 23.9 Å². The van der Waals surface area contributed by atoms with Crippen LogP contribution >= 0.6 is 0 Å². The smallest absolute Gasteiger partial charge is 0.335 e. The molecular weight excluding hydrogens is 482 g/mol. The highest BCUT2D eigenvalue weighted by atomic mass is 16.4. The van der Waals surface area contributed by atoms with Gasteiger partial charge in [-0.05, 0) is 53.9 Å². The first kappa shape index (κ1) is 23.2. The molecule has 0 aliphatic carbocycles. The van der Waals surface area contributed by atoms with Crippen molar-refractivity contribution in [3.63, 3.8) is 0 Å². The number of hydrogen-bond donors (Lipinski definition) is 3. The summed E-state index contributed by atoms with van der Waals surface area (Å²) in [5, 5.41) is 19.7. The van der Waals surface area contributed by atoms with Crippen molar-refractivity contribution in [1.29, 1.82) is 0 Å². The minimum absolute atomic E-state index is 0.0276. The highest BCUT2D eigenvalue weighted by Gasteiger charge is 2.30. The summed E-state index contributed by atoms with van der Waals surface area (Å²) in [7, 11) is 0. The number of rotatable bonds is 6. The first-order valence-electron chi connectivity index (χ1n) is 12.1. The minimum atomic E-state index is -1.06. The Morgan fingerprint density at radius 1 is 1.00 bits per heavy atom. The van der Waals surface area contributed by atoms with Crippen molar-refractivity contribution in [2.24, 2.45) is 0 Å². The van der Waals surface area contributed by atoms with Crippen molar-refractivity contribution < 1.29 is 19.5 Å². The molecule has 188 valence electrons. The normalized spacial score (nSPS) is 15.1. The van der Waals surface area contributed by atoms with E-state index in [2.05, 4.69) is 15.7 Å². The molecule has 0 spiro atoms. The Labute approximate surface area is 218 Å². The van der Waals surface area contributed by atoms with E-state index in [1.807, 2.05) is 48.5 Å². The second-order valence-electron chi connectivity index (χ2n) is 9.10. The summed E-state index contributed by atoms with van der Waals surface area (Å²) in [6.45, 7) is 0.766. The number of carboxylic acid groups (broad SMARTS) is 1. The summed E-state index contributed by atoms with van der Waals surface area (Å²) in [5.74, 6) is -1.40. The van der Waals surface area contributed by atoms with E-state index in [0.29, 0.717) is 35.5 Å². The van der Waals surface area contributed by atoms with Crippen LogP contribution in [-0.4, -0.2) is 39.2 Å². The van der Waals surface area contributed by atoms with Crippen LogP contribution in [0.1, 0.15) is 27.0 Å². The van der Waals surface area contributed by atoms with Crippen molar-refractivity contribution in [3.8, 4) is 0 Å². The number of amides is 2. The van der Waals surface area contributed by atoms with Gasteiger partial charge in [-0.1, -0.05) is 36.4 Å². The number of carbonyl (C=O) groups excluding carboxylic acids is 2. The van der Waals surface area contributed by atoms with Crippen LogP contribution in [0, 0.1) is 0 Å². The summed E-state index contributed by atoms with van der Waals surface area (Å²) in [5.41, 5.74) is 5.71. The Morgan fingerprint density at radius 2 is 1.84 bits per heavy atom. The van der Waals surface area contributed by atoms with E-state index in [4.69, 9.17) is 0 Å². The predicted molar refractivity (Wildman–Crippen MR) is 144 cm³/mol. The van der Waals surface area contributed by atoms with Gasteiger partial charge in [-0.15, -0.1) is 0 Å². The zero-order valence-electron chi connectivity index (χ0n) is 20.2. The molecule has 38 heavy (non-hydrogen) atoms. The molecule has 9 nitrogen and oxygen atoms in total. The number of anilines is 3. The Balaban J connectivity index is 1.35. The molecule has 1 aromatic heterocycles. The predicted octanol–water partition coefficient (Wildman–Crippen LogP) is 4.10. The third-order valence-corrected chi connectivity index (χ3v) is 6.73. The lowest BCUT2D eigenvalue weighted by atomic mass is 9.99. The van der Waals surface area contributed by atoms with Gasteiger partial charge in [0.1, 0.15) is 6.54 Å². The van der Waals surface area contributed by atoms with Crippen molar-refractivity contribution in [3.05, 3.63) is 107 Å². The summed E-state index contributed by atoms with van der Waals surface area (Å²) in [6, 6.07) is 21.7. The number of carboxylic acids is 1. The monoisotopic (exact) mass is 505 g/mol. The maximum Gasteiger partial charge on any atom is 0.335 e. The Kier molecular flexibility index (Phi) is 5.72. The van der Waals surface area contributed by atoms with E-state index in [1.165, 1.54) is 12.1 Å². The highest BCUT2D eigenvalue weighted by molar-refractivity contribution is 6.37. The molecule has 6 rings (SSSR count). The van der Waals surface area contributed by atoms with Crippen LogP contribution in [0.15, 0.2) is 85.2 Å². The number of aromatic carboxylic acids is 1. The molecule has 3 aromatic carbocycles. The van der Waals surface area contributed by atoms with Crippen LogP contribution < -0.4 is 15.5 Å². The van der Waals surface area contributed by atoms with Gasteiger partial charge < -0.3 is 20.6 Å². The molecule has 4 aromatic rings. The molecule has 0 unspecified atom stereocenters. The average Bonchev–Trinajstić information content (AvgIpc) is 3.65. The molecule has 0 saturated heterocycles. The number of aromatic nitrogens is 2. The molecule has 9 heteroatoms. The van der Waals surface area contributed by atoms with E-state index >= 15 is 0 Å². The third-order valence-electron chi connectivity index (χ3n) is 6.73. The third kappa shape index (κ3) is 4.20. The van der Waals surface area contributed by atoms with Gasteiger partial charge in [0.2, 0.25) is 5.91 Å². The number of nitrogens with zero attached hydrogens (tertiary/aromatic N) is 3. The van der Waals surface area contributed by atoms with Gasteiger partial charge in [0, 0.05) is 35.9 Å². The molecule has 0 radical (unpaired) electrons. The second-order valence-corrected chi connectivity index (χ2v) is 9.10. The van der Waals surface area contributed by atoms with Gasteiger partial charge in [-0.2, -0.15) is 5.10 Å². The lowest BCUT2D eigenvalue weighted by molar-refractivity contribution is -0.119. The molecule has 3 N–H and O–H groups in total. The number of hydrogen-bond acceptors (Lipinski definition) is 5. The molecular formula is C29H23N5O4. The highest BCUT2D eigenvalue weighted by Crippen LogP contribution is 2.39. The first-order valence-corrected chi connectivity index (χ1v) is 12.1. The van der Waals surface area contributed by atoms with Gasteiger partial charge in [0.25, 0.3) is 5.91 Å². The largest absolute Gasteiger partial charge is 0.478 e. The molecule has 2 aliphatic rings. The van der Waals surface area contributed by atoms with Crippen molar-refractivity contribution in [1.82, 2.24) is 9.78 Å². The Morgan fingerprint density at radius 3 is 2.61 bits per heavy atom. The summed E-state index contributed by atoms with van der Waals surface area (Å²) in [6.07, 6.45) is 4.13. The Hall–Kier alpha value is -5.18. The van der Waals surface area contributed by atoms with Gasteiger partial charge in [0.15, 0.2) is 0 Å². The van der Waals surface area contributed by atoms with Crippen LogP contribution in [0.4, 0.5) is 17.1 Å². The SMILES string of the molecule is O=C1Nc2cc(C(=O)O)ccc2/C1=C(/Nc1ccc2c(c1)CCN2C(=O)Cn1cccn1)c1ccccc1. The minimum Gasteiger partial charge on any atom is -0.478 e. The van der Waals surface area contributed by atoms with Gasteiger partial charge in [0.05, 0.1) is 22.5 Å². The summed E-state index contributed by atoms with van der Waals surface area (Å²) >= 11 is 0. The summed E-state index contributed by atoms with van der Waals surface area (Å²) in [4.78, 5) is 39.2. The number of nitrogens with one attached hydrogen (secondary N) is 2. The Bertz CT molecular complexity index is 1610. The van der Waals surface area contributed by atoms with E-state index in [1.54, 1.807) is 34.1 Å². The second kappa shape index (κ2) is 9.36. The molecule has 2 amide bonds. The van der Waals surface area contributed by atoms with Crippen molar-refractivity contribution in [2.75, 3.05) is 22.1 Å². The molecule has 0 saturated carbocycles. The van der Waals surface area contributed by atoms with Crippen molar-refractivity contribution >= 4 is 46.1 Å².